The van der Waals surface area contributed by atoms with Gasteiger partial charge in [-0.1, -0.05) is 36.6 Å². The van der Waals surface area contributed by atoms with Crippen LogP contribution in [0, 0.1) is 0 Å². The lowest BCUT2D eigenvalue weighted by atomic mass is 10.4. The summed E-state index contributed by atoms with van der Waals surface area (Å²) >= 11 is 0. The van der Waals surface area contributed by atoms with Gasteiger partial charge in [-0.05, 0) is 32.1 Å². The van der Waals surface area contributed by atoms with Crippen LogP contribution in [-0.4, -0.2) is 42.1 Å². The standard InChI is InChI=1S/C15H21NO4P/c1-4-16(5-2)11-14(17)20-15(18)12(3)21(19)13-9-7-6-8-10-13/h6-10,12H,4-5,11H2,1-3H3/q+1. The highest BCUT2D eigenvalue weighted by molar-refractivity contribution is 7.55. The molecule has 1 aromatic carbocycles. The summed E-state index contributed by atoms with van der Waals surface area (Å²) in [7, 11) is -1.92. The Balaban J connectivity index is 2.59. The van der Waals surface area contributed by atoms with Crippen LogP contribution in [0.1, 0.15) is 20.8 Å². The van der Waals surface area contributed by atoms with Crippen LogP contribution >= 0.6 is 7.80 Å². The van der Waals surface area contributed by atoms with Gasteiger partial charge in [0.25, 0.3) is 5.66 Å². The molecule has 0 N–H and O–H groups in total. The van der Waals surface area contributed by atoms with E-state index in [2.05, 4.69) is 0 Å². The minimum absolute atomic E-state index is 0.0631. The molecule has 0 aliphatic carbocycles. The average Bonchev–Trinajstić information content (AvgIpc) is 2.51. The Kier molecular flexibility index (Phi) is 7.20. The molecule has 6 heteroatoms. The number of likely N-dealkylation sites (N-methyl/N-ethyl adjacent to an activating group) is 1. The molecule has 0 heterocycles. The summed E-state index contributed by atoms with van der Waals surface area (Å²) in [4.78, 5) is 25.4. The van der Waals surface area contributed by atoms with E-state index in [1.165, 1.54) is 6.92 Å². The highest BCUT2D eigenvalue weighted by Crippen LogP contribution is 2.27. The van der Waals surface area contributed by atoms with Gasteiger partial charge in [0.1, 0.15) is 0 Å². The van der Waals surface area contributed by atoms with Crippen molar-refractivity contribution in [1.29, 1.82) is 0 Å². The summed E-state index contributed by atoms with van der Waals surface area (Å²) in [5, 5.41) is 0.577. The summed E-state index contributed by atoms with van der Waals surface area (Å²) in [6.07, 6.45) is 0. The molecule has 21 heavy (non-hydrogen) atoms. The Morgan fingerprint density at radius 1 is 1.19 bits per heavy atom. The van der Waals surface area contributed by atoms with Crippen molar-refractivity contribution in [2.24, 2.45) is 0 Å². The number of rotatable bonds is 7. The van der Waals surface area contributed by atoms with E-state index in [0.29, 0.717) is 18.4 Å². The number of esters is 2. The zero-order valence-corrected chi connectivity index (χ0v) is 13.5. The van der Waals surface area contributed by atoms with Crippen LogP contribution in [0.15, 0.2) is 30.3 Å². The molecule has 114 valence electrons. The first-order chi connectivity index (χ1) is 9.99. The first-order valence-electron chi connectivity index (χ1n) is 6.97. The summed E-state index contributed by atoms with van der Waals surface area (Å²) in [6.45, 7) is 6.83. The first kappa shape index (κ1) is 17.5. The Morgan fingerprint density at radius 3 is 2.29 bits per heavy atom. The van der Waals surface area contributed by atoms with E-state index < -0.39 is 25.4 Å². The van der Waals surface area contributed by atoms with Gasteiger partial charge in [-0.15, -0.1) is 0 Å². The van der Waals surface area contributed by atoms with Gasteiger partial charge in [0.05, 0.1) is 6.54 Å². The van der Waals surface area contributed by atoms with E-state index in [0.717, 1.165) is 0 Å². The number of benzene rings is 1. The fourth-order valence-electron chi connectivity index (χ4n) is 1.75. The number of hydrogen-bond donors (Lipinski definition) is 0. The third-order valence-electron chi connectivity index (χ3n) is 3.17. The molecule has 2 unspecified atom stereocenters. The van der Waals surface area contributed by atoms with E-state index in [1.54, 1.807) is 24.3 Å². The van der Waals surface area contributed by atoms with E-state index >= 15 is 0 Å². The third-order valence-corrected chi connectivity index (χ3v) is 4.89. The topological polar surface area (TPSA) is 63.7 Å². The van der Waals surface area contributed by atoms with Gasteiger partial charge in [-0.2, -0.15) is 0 Å². The molecule has 5 nitrogen and oxygen atoms in total. The highest BCUT2D eigenvalue weighted by atomic mass is 31.1. The zero-order valence-electron chi connectivity index (χ0n) is 12.6. The van der Waals surface area contributed by atoms with Gasteiger partial charge in [0.15, 0.2) is 5.30 Å². The quantitative estimate of drug-likeness (QED) is 0.437. The van der Waals surface area contributed by atoms with Gasteiger partial charge in [-0.3, -0.25) is 9.69 Å². The van der Waals surface area contributed by atoms with Crippen LogP contribution in [0.2, 0.25) is 0 Å². The molecule has 0 aliphatic heterocycles. The lowest BCUT2D eigenvalue weighted by Crippen LogP contribution is -2.33. The van der Waals surface area contributed by atoms with Crippen molar-refractivity contribution in [3.63, 3.8) is 0 Å². The zero-order chi connectivity index (χ0) is 15.8. The molecule has 1 aromatic rings. The third kappa shape index (κ3) is 5.37. The number of carbonyl (C=O) groups is 2. The fraction of sp³-hybridized carbons (Fsp3) is 0.467. The maximum Gasteiger partial charge on any atom is 0.391 e. The second-order valence-corrected chi connectivity index (χ2v) is 6.53. The van der Waals surface area contributed by atoms with E-state index in [4.69, 9.17) is 4.74 Å². The molecule has 0 saturated heterocycles. The summed E-state index contributed by atoms with van der Waals surface area (Å²) in [5.41, 5.74) is -0.844. The largest absolute Gasteiger partial charge is 0.391 e. The molecule has 0 aliphatic rings. The molecule has 0 spiro atoms. The summed E-state index contributed by atoms with van der Waals surface area (Å²) < 4.78 is 17.0. The molecular weight excluding hydrogens is 289 g/mol. The van der Waals surface area contributed by atoms with Crippen LogP contribution in [0.5, 0.6) is 0 Å². The fourth-order valence-corrected chi connectivity index (χ4v) is 2.91. The minimum atomic E-state index is -1.92. The van der Waals surface area contributed by atoms with Crippen LogP contribution < -0.4 is 5.30 Å². The van der Waals surface area contributed by atoms with E-state index in [-0.39, 0.29) is 6.54 Å². The number of carbonyl (C=O) groups excluding carboxylic acids is 2. The normalized spacial score (nSPS) is 12.9. The SMILES string of the molecule is CCN(CC)CC(=O)OC(=O)C(C)[P+](=O)c1ccccc1. The minimum Gasteiger partial charge on any atom is -0.389 e. The maximum absolute atomic E-state index is 12.2. The van der Waals surface area contributed by atoms with Crippen molar-refractivity contribution in [1.82, 2.24) is 4.90 Å². The monoisotopic (exact) mass is 310 g/mol. The van der Waals surface area contributed by atoms with Crippen molar-refractivity contribution >= 4 is 25.0 Å². The molecule has 0 aromatic heterocycles. The Labute approximate surface area is 126 Å². The second kappa shape index (κ2) is 8.65. The second-order valence-electron chi connectivity index (χ2n) is 4.59. The lowest BCUT2D eigenvalue weighted by Gasteiger charge is -2.15. The summed E-state index contributed by atoms with van der Waals surface area (Å²) in [5.74, 6) is -1.34. The highest BCUT2D eigenvalue weighted by Gasteiger charge is 2.37. The molecule has 0 amide bonds. The van der Waals surface area contributed by atoms with Gasteiger partial charge in [0.2, 0.25) is 0 Å². The van der Waals surface area contributed by atoms with Crippen LogP contribution in [-0.2, 0) is 18.9 Å². The summed E-state index contributed by atoms with van der Waals surface area (Å²) in [6, 6.07) is 8.71. The van der Waals surface area contributed by atoms with Crippen LogP contribution in [0.4, 0.5) is 0 Å². The van der Waals surface area contributed by atoms with Crippen molar-refractivity contribution in [2.45, 2.75) is 26.4 Å². The molecule has 0 fully saturated rings. The van der Waals surface area contributed by atoms with Gasteiger partial charge in [0, 0.05) is 0 Å². The van der Waals surface area contributed by atoms with Crippen molar-refractivity contribution < 1.29 is 18.9 Å². The van der Waals surface area contributed by atoms with Crippen LogP contribution in [0.25, 0.3) is 0 Å². The van der Waals surface area contributed by atoms with E-state index in [1.807, 2.05) is 24.8 Å². The predicted octanol–water partition coefficient (Wildman–Crippen LogP) is 1.94. The number of ether oxygens (including phenoxy) is 1. The average molecular weight is 310 g/mol. The van der Waals surface area contributed by atoms with Crippen LogP contribution in [0.3, 0.4) is 0 Å². The van der Waals surface area contributed by atoms with Gasteiger partial charge < -0.3 is 4.74 Å². The predicted molar refractivity (Wildman–Crippen MR) is 82.0 cm³/mol. The molecule has 2 atom stereocenters. The van der Waals surface area contributed by atoms with Crippen molar-refractivity contribution in [3.05, 3.63) is 30.3 Å². The van der Waals surface area contributed by atoms with Crippen molar-refractivity contribution in [2.75, 3.05) is 19.6 Å². The number of nitrogens with zero attached hydrogens (tertiary/aromatic N) is 1. The lowest BCUT2D eigenvalue weighted by molar-refractivity contribution is -0.159. The molecule has 0 radical (unpaired) electrons. The Bertz CT molecular complexity index is 500. The Morgan fingerprint density at radius 2 is 1.76 bits per heavy atom. The smallest absolute Gasteiger partial charge is 0.389 e. The maximum atomic E-state index is 12.2. The number of hydrogen-bond acceptors (Lipinski definition) is 5. The van der Waals surface area contributed by atoms with E-state index in [9.17, 15) is 14.2 Å². The van der Waals surface area contributed by atoms with Gasteiger partial charge in [-0.25, -0.2) is 4.79 Å². The first-order valence-corrected chi connectivity index (χ1v) is 8.30. The molecule has 0 bridgehead atoms. The van der Waals surface area contributed by atoms with Gasteiger partial charge >= 0.3 is 19.7 Å². The molecule has 0 saturated carbocycles. The Hall–Kier alpha value is -1.58. The molecule has 1 rings (SSSR count). The molecular formula is C15H21NO4P+. The van der Waals surface area contributed by atoms with Crippen molar-refractivity contribution in [3.8, 4) is 0 Å².